The molecule has 0 N–H and O–H groups in total. The minimum absolute atomic E-state index is 0.209. The number of allylic oxidation sites excluding steroid dienone is 2. The molecular weight excluding hydrogens is 268 g/mol. The smallest absolute Gasteiger partial charge is 0.306 e. The van der Waals surface area contributed by atoms with E-state index in [-0.39, 0.29) is 11.9 Å². The van der Waals surface area contributed by atoms with E-state index in [9.17, 15) is 9.59 Å². The summed E-state index contributed by atoms with van der Waals surface area (Å²) in [4.78, 5) is 22.6. The monoisotopic (exact) mass is 290 g/mol. The Hall–Kier alpha value is -2.10. The molecule has 0 aliphatic heterocycles. The molecule has 0 amide bonds. The van der Waals surface area contributed by atoms with E-state index in [1.807, 2.05) is 43.3 Å². The molecule has 0 radical (unpaired) electrons. The summed E-state index contributed by atoms with van der Waals surface area (Å²) < 4.78 is 9.76. The van der Waals surface area contributed by atoms with Crippen molar-refractivity contribution in [2.75, 3.05) is 7.11 Å². The Labute approximate surface area is 125 Å². The van der Waals surface area contributed by atoms with Crippen molar-refractivity contribution in [2.45, 2.75) is 39.2 Å². The lowest BCUT2D eigenvalue weighted by molar-refractivity contribution is -0.145. The van der Waals surface area contributed by atoms with Crippen molar-refractivity contribution in [1.29, 1.82) is 0 Å². The molecular formula is C17H22O4. The lowest BCUT2D eigenvalue weighted by atomic mass is 10.1. The second-order valence-corrected chi connectivity index (χ2v) is 4.81. The molecule has 1 aromatic carbocycles. The first-order valence-corrected chi connectivity index (χ1v) is 7.04. The van der Waals surface area contributed by atoms with Gasteiger partial charge in [0.05, 0.1) is 7.11 Å². The van der Waals surface area contributed by atoms with Gasteiger partial charge in [-0.3, -0.25) is 9.59 Å². The number of hydrogen-bond acceptors (Lipinski definition) is 4. The first kappa shape index (κ1) is 17.0. The van der Waals surface area contributed by atoms with Crippen molar-refractivity contribution in [3.8, 4) is 0 Å². The third-order valence-electron chi connectivity index (χ3n) is 3.04. The molecule has 0 bridgehead atoms. The highest BCUT2D eigenvalue weighted by molar-refractivity contribution is 5.70. The van der Waals surface area contributed by atoms with Crippen LogP contribution in [0.5, 0.6) is 0 Å². The summed E-state index contributed by atoms with van der Waals surface area (Å²) in [7, 11) is 1.38. The number of ether oxygens (including phenoxy) is 2. The molecule has 0 atom stereocenters. The number of benzene rings is 1. The minimum atomic E-state index is -0.221. The van der Waals surface area contributed by atoms with E-state index in [4.69, 9.17) is 4.74 Å². The summed E-state index contributed by atoms with van der Waals surface area (Å²) in [5.41, 5.74) is 2.06. The molecule has 0 heterocycles. The first-order chi connectivity index (χ1) is 10.1. The van der Waals surface area contributed by atoms with Crippen LogP contribution in [0.15, 0.2) is 42.0 Å². The van der Waals surface area contributed by atoms with Crippen molar-refractivity contribution >= 4 is 11.9 Å². The Bertz CT molecular complexity index is 477. The van der Waals surface area contributed by atoms with Crippen LogP contribution < -0.4 is 0 Å². The van der Waals surface area contributed by atoms with Crippen molar-refractivity contribution in [3.05, 3.63) is 47.5 Å². The zero-order valence-electron chi connectivity index (χ0n) is 12.6. The second-order valence-electron chi connectivity index (χ2n) is 4.81. The molecule has 0 aliphatic rings. The quantitative estimate of drug-likeness (QED) is 0.544. The van der Waals surface area contributed by atoms with Gasteiger partial charge in [-0.2, -0.15) is 0 Å². The van der Waals surface area contributed by atoms with Crippen LogP contribution in [0.2, 0.25) is 0 Å². The van der Waals surface area contributed by atoms with Crippen LogP contribution in [0.4, 0.5) is 0 Å². The van der Waals surface area contributed by atoms with Gasteiger partial charge in [0, 0.05) is 12.8 Å². The van der Waals surface area contributed by atoms with Crippen LogP contribution in [0.25, 0.3) is 0 Å². The van der Waals surface area contributed by atoms with Gasteiger partial charge in [-0.05, 0) is 25.3 Å². The summed E-state index contributed by atoms with van der Waals surface area (Å²) in [6.45, 7) is 2.26. The number of hydrogen-bond donors (Lipinski definition) is 0. The first-order valence-electron chi connectivity index (χ1n) is 7.04. The molecule has 0 saturated carbocycles. The van der Waals surface area contributed by atoms with E-state index in [1.54, 1.807) is 0 Å². The van der Waals surface area contributed by atoms with Gasteiger partial charge in [-0.25, -0.2) is 0 Å². The summed E-state index contributed by atoms with van der Waals surface area (Å²) >= 11 is 0. The molecule has 1 rings (SSSR count). The summed E-state index contributed by atoms with van der Waals surface area (Å²) in [6, 6.07) is 9.60. The third-order valence-corrected chi connectivity index (χ3v) is 3.04. The van der Waals surface area contributed by atoms with Gasteiger partial charge in [-0.1, -0.05) is 42.0 Å². The van der Waals surface area contributed by atoms with Gasteiger partial charge < -0.3 is 9.47 Å². The van der Waals surface area contributed by atoms with Crippen LogP contribution in [-0.2, 0) is 25.7 Å². The summed E-state index contributed by atoms with van der Waals surface area (Å²) in [5, 5.41) is 0. The second kappa shape index (κ2) is 9.75. The Morgan fingerprint density at radius 3 is 2.43 bits per heavy atom. The number of methoxy groups -OCH3 is 1. The van der Waals surface area contributed by atoms with Crippen LogP contribution in [0.1, 0.15) is 38.2 Å². The highest BCUT2D eigenvalue weighted by Gasteiger charge is 2.04. The van der Waals surface area contributed by atoms with E-state index in [2.05, 4.69) is 4.74 Å². The number of carbonyl (C=O) groups excluding carboxylic acids is 2. The number of esters is 2. The molecule has 4 nitrogen and oxygen atoms in total. The van der Waals surface area contributed by atoms with Crippen molar-refractivity contribution in [1.82, 2.24) is 0 Å². The highest BCUT2D eigenvalue weighted by atomic mass is 16.5. The molecule has 0 aliphatic carbocycles. The van der Waals surface area contributed by atoms with Gasteiger partial charge in [0.1, 0.15) is 6.61 Å². The van der Waals surface area contributed by atoms with Gasteiger partial charge in [0.25, 0.3) is 0 Å². The van der Waals surface area contributed by atoms with Gasteiger partial charge >= 0.3 is 11.9 Å². The fourth-order valence-corrected chi connectivity index (χ4v) is 1.75. The third kappa shape index (κ3) is 7.92. The topological polar surface area (TPSA) is 52.6 Å². The number of rotatable bonds is 8. The Balaban J connectivity index is 2.20. The van der Waals surface area contributed by atoms with E-state index in [1.165, 1.54) is 7.11 Å². The molecule has 4 heteroatoms. The SMILES string of the molecule is COC(=O)CC/C=C(\C)CCC(=O)OCc1ccccc1. The normalized spacial score (nSPS) is 11.0. The fourth-order valence-electron chi connectivity index (χ4n) is 1.75. The van der Waals surface area contributed by atoms with E-state index >= 15 is 0 Å². The predicted octanol–water partition coefficient (Wildman–Crippen LogP) is 3.41. The van der Waals surface area contributed by atoms with Gasteiger partial charge in [0.2, 0.25) is 0 Å². The van der Waals surface area contributed by atoms with Crippen molar-refractivity contribution in [2.24, 2.45) is 0 Å². The average Bonchev–Trinajstić information content (AvgIpc) is 2.51. The largest absolute Gasteiger partial charge is 0.469 e. The Morgan fingerprint density at radius 2 is 1.76 bits per heavy atom. The van der Waals surface area contributed by atoms with Crippen LogP contribution >= 0.6 is 0 Å². The average molecular weight is 290 g/mol. The summed E-state index contributed by atoms with van der Waals surface area (Å²) in [6.07, 6.45) is 3.97. The predicted molar refractivity (Wildman–Crippen MR) is 80.5 cm³/mol. The van der Waals surface area contributed by atoms with Crippen LogP contribution in [0.3, 0.4) is 0 Å². The lowest BCUT2D eigenvalue weighted by Gasteiger charge is -2.05. The van der Waals surface area contributed by atoms with Crippen molar-refractivity contribution in [3.63, 3.8) is 0 Å². The maximum absolute atomic E-state index is 11.6. The van der Waals surface area contributed by atoms with Crippen LogP contribution in [-0.4, -0.2) is 19.0 Å². The van der Waals surface area contributed by atoms with Gasteiger partial charge in [-0.15, -0.1) is 0 Å². The van der Waals surface area contributed by atoms with E-state index < -0.39 is 0 Å². The molecule has 21 heavy (non-hydrogen) atoms. The molecule has 0 spiro atoms. The number of carbonyl (C=O) groups is 2. The van der Waals surface area contributed by atoms with Gasteiger partial charge in [0.15, 0.2) is 0 Å². The molecule has 1 aromatic rings. The zero-order valence-corrected chi connectivity index (χ0v) is 12.6. The van der Waals surface area contributed by atoms with Crippen molar-refractivity contribution < 1.29 is 19.1 Å². The highest BCUT2D eigenvalue weighted by Crippen LogP contribution is 2.09. The summed E-state index contributed by atoms with van der Waals surface area (Å²) in [5.74, 6) is -0.430. The molecule has 0 fully saturated rings. The molecule has 114 valence electrons. The lowest BCUT2D eigenvalue weighted by Crippen LogP contribution is -2.04. The Morgan fingerprint density at radius 1 is 1.05 bits per heavy atom. The maximum Gasteiger partial charge on any atom is 0.306 e. The van der Waals surface area contributed by atoms with E-state index in [0.717, 1.165) is 11.1 Å². The Kier molecular flexibility index (Phi) is 7.87. The molecule has 0 aromatic heterocycles. The molecule has 0 saturated heterocycles. The molecule has 0 unspecified atom stereocenters. The minimum Gasteiger partial charge on any atom is -0.469 e. The maximum atomic E-state index is 11.6. The fraction of sp³-hybridized carbons (Fsp3) is 0.412. The standard InChI is InChI=1S/C17H22O4/c1-14(7-6-10-16(18)20-2)11-12-17(19)21-13-15-8-4-3-5-9-15/h3-5,7-9H,6,10-13H2,1-2H3/b14-7+. The zero-order chi connectivity index (χ0) is 15.5. The van der Waals surface area contributed by atoms with E-state index in [0.29, 0.717) is 32.3 Å². The van der Waals surface area contributed by atoms with Crippen LogP contribution in [0, 0.1) is 0 Å².